The molecule has 2 N–H and O–H groups in total. The van der Waals surface area contributed by atoms with E-state index in [0.29, 0.717) is 36.6 Å². The summed E-state index contributed by atoms with van der Waals surface area (Å²) in [7, 11) is 0. The van der Waals surface area contributed by atoms with E-state index in [4.69, 9.17) is 31.3 Å². The lowest BCUT2D eigenvalue weighted by molar-refractivity contribution is -0.192. The van der Waals surface area contributed by atoms with Gasteiger partial charge in [-0.25, -0.2) is 4.79 Å². The van der Waals surface area contributed by atoms with Gasteiger partial charge in [0.05, 0.1) is 17.2 Å². The number of aromatic nitrogens is 2. The molecule has 1 aromatic heterocycles. The molecule has 0 atom stereocenters. The van der Waals surface area contributed by atoms with Crippen LogP contribution in [-0.4, -0.2) is 62.7 Å². The van der Waals surface area contributed by atoms with Gasteiger partial charge in [0.2, 0.25) is 5.88 Å². The first-order valence-electron chi connectivity index (χ1n) is 14.4. The molecule has 15 heteroatoms. The highest BCUT2D eigenvalue weighted by atomic mass is 35.5. The van der Waals surface area contributed by atoms with Gasteiger partial charge >= 0.3 is 24.3 Å². The van der Waals surface area contributed by atoms with Crippen molar-refractivity contribution >= 4 is 23.5 Å². The maximum Gasteiger partial charge on any atom is 0.490 e. The normalized spacial score (nSPS) is 11.7. The van der Waals surface area contributed by atoms with E-state index in [9.17, 15) is 31.1 Å². The van der Waals surface area contributed by atoms with Crippen LogP contribution in [0.4, 0.5) is 26.3 Å². The Balaban J connectivity index is 0.000000804. The number of hydrogen-bond acceptors (Lipinski definition) is 5. The van der Waals surface area contributed by atoms with E-state index in [1.807, 2.05) is 60.7 Å². The van der Waals surface area contributed by atoms with Crippen LogP contribution in [0.15, 0.2) is 84.9 Å². The van der Waals surface area contributed by atoms with Crippen molar-refractivity contribution in [3.8, 4) is 5.88 Å². The van der Waals surface area contributed by atoms with Gasteiger partial charge in [0, 0.05) is 37.3 Å². The number of aliphatic carboxylic acids is 2. The minimum absolute atomic E-state index is 0.0303. The summed E-state index contributed by atoms with van der Waals surface area (Å²) in [5.74, 6) is -3.47. The van der Waals surface area contributed by atoms with E-state index in [2.05, 4.69) is 10.00 Å². The SMILES string of the molecule is Cc1cc(OCCCN(Cc2cccc(C(F)(F)F)c2Cl)CC(c2ccccc2)c2ccccc2)nn1CC(=O)O.O=C(O)C(F)(F)F. The minimum atomic E-state index is -5.08. The number of hydrogen-bond donors (Lipinski definition) is 2. The first kappa shape index (κ1) is 37.9. The molecule has 0 unspecified atom stereocenters. The van der Waals surface area contributed by atoms with Gasteiger partial charge in [-0.05, 0) is 36.1 Å². The molecule has 3 aromatic carbocycles. The van der Waals surface area contributed by atoms with E-state index in [1.165, 1.54) is 10.7 Å². The molecule has 8 nitrogen and oxygen atoms in total. The van der Waals surface area contributed by atoms with Gasteiger partial charge in [-0.3, -0.25) is 14.4 Å². The topological polar surface area (TPSA) is 105 Å². The third kappa shape index (κ3) is 11.6. The number of benzene rings is 3. The average Bonchev–Trinajstić information content (AvgIpc) is 3.36. The Bertz CT molecular complexity index is 1590. The predicted molar refractivity (Wildman–Crippen MR) is 165 cm³/mol. The van der Waals surface area contributed by atoms with Crippen LogP contribution in [0.1, 0.15) is 40.3 Å². The molecule has 48 heavy (non-hydrogen) atoms. The fourth-order valence-electron chi connectivity index (χ4n) is 4.73. The zero-order valence-corrected chi connectivity index (χ0v) is 26.3. The Kier molecular flexibility index (Phi) is 13.4. The van der Waals surface area contributed by atoms with E-state index in [0.717, 1.165) is 17.2 Å². The summed E-state index contributed by atoms with van der Waals surface area (Å²) in [6.45, 7) is 3.03. The highest BCUT2D eigenvalue weighted by Gasteiger charge is 2.38. The minimum Gasteiger partial charge on any atom is -0.480 e. The fourth-order valence-corrected chi connectivity index (χ4v) is 5.03. The molecule has 0 fully saturated rings. The molecule has 0 aliphatic carbocycles. The molecule has 4 aromatic rings. The van der Waals surface area contributed by atoms with Crippen LogP contribution < -0.4 is 4.74 Å². The Hall–Kier alpha value is -4.56. The van der Waals surface area contributed by atoms with Crippen molar-refractivity contribution in [2.24, 2.45) is 0 Å². The second kappa shape index (κ2) is 17.0. The standard InChI is InChI=1S/C31H31ClF3N3O3.C2HF3O2/c1-22-18-28(36-38(22)21-29(39)40)41-17-9-16-37(19-25-14-8-15-27(30(25)32)31(33,34)35)20-26(23-10-4-2-5-11-23)24-12-6-3-7-13-24;3-2(4,5)1(6)7/h2-8,10-15,18,26H,9,16-17,19-21H2,1H3,(H,39,40);(H,6,7). The van der Waals surface area contributed by atoms with Crippen molar-refractivity contribution in [2.45, 2.75) is 44.7 Å². The third-order valence-electron chi connectivity index (χ3n) is 6.98. The van der Waals surface area contributed by atoms with Crippen LogP contribution in [0.5, 0.6) is 5.88 Å². The van der Waals surface area contributed by atoms with Crippen LogP contribution in [0, 0.1) is 6.92 Å². The van der Waals surface area contributed by atoms with E-state index in [1.54, 1.807) is 19.1 Å². The molecule has 0 aliphatic heterocycles. The van der Waals surface area contributed by atoms with Crippen LogP contribution in [0.3, 0.4) is 0 Å². The van der Waals surface area contributed by atoms with Crippen LogP contribution in [-0.2, 0) is 28.9 Å². The third-order valence-corrected chi connectivity index (χ3v) is 7.42. The maximum atomic E-state index is 13.6. The molecule has 0 bridgehead atoms. The van der Waals surface area contributed by atoms with Gasteiger partial charge < -0.3 is 14.9 Å². The van der Waals surface area contributed by atoms with Crippen LogP contribution in [0.25, 0.3) is 0 Å². The molecule has 0 saturated heterocycles. The Morgan fingerprint density at radius 3 is 1.98 bits per heavy atom. The summed E-state index contributed by atoms with van der Waals surface area (Å²) in [5.41, 5.74) is 2.39. The summed E-state index contributed by atoms with van der Waals surface area (Å²) in [4.78, 5) is 22.0. The average molecular weight is 700 g/mol. The van der Waals surface area contributed by atoms with Gasteiger partial charge in [-0.15, -0.1) is 5.10 Å². The number of carbonyl (C=O) groups is 2. The first-order chi connectivity index (χ1) is 22.6. The quantitative estimate of drug-likeness (QED) is 0.109. The summed E-state index contributed by atoms with van der Waals surface area (Å²) in [6.07, 6.45) is -9.08. The molecule has 0 aliphatic rings. The second-order valence-corrected chi connectivity index (χ2v) is 10.9. The number of carboxylic acids is 2. The molecule has 1 heterocycles. The summed E-state index contributed by atoms with van der Waals surface area (Å²) in [5, 5.41) is 20.0. The molecule has 0 saturated carbocycles. The molecule has 0 spiro atoms. The number of ether oxygens (including phenoxy) is 1. The van der Waals surface area contributed by atoms with E-state index in [-0.39, 0.29) is 30.6 Å². The van der Waals surface area contributed by atoms with Gasteiger partial charge in [-0.1, -0.05) is 84.4 Å². The molecular weight excluding hydrogens is 668 g/mol. The highest BCUT2D eigenvalue weighted by Crippen LogP contribution is 2.37. The monoisotopic (exact) mass is 699 g/mol. The van der Waals surface area contributed by atoms with Gasteiger partial charge in [0.25, 0.3) is 0 Å². The number of aryl methyl sites for hydroxylation is 1. The first-order valence-corrected chi connectivity index (χ1v) is 14.8. The molecule has 0 radical (unpaired) electrons. The van der Waals surface area contributed by atoms with Crippen molar-refractivity contribution in [2.75, 3.05) is 19.7 Å². The van der Waals surface area contributed by atoms with Crippen molar-refractivity contribution in [3.63, 3.8) is 0 Å². The van der Waals surface area contributed by atoms with Gasteiger partial charge in [0.1, 0.15) is 6.54 Å². The Labute approximate surface area is 277 Å². The molecular formula is C33H32ClF6N3O5. The van der Waals surface area contributed by atoms with E-state index >= 15 is 0 Å². The highest BCUT2D eigenvalue weighted by molar-refractivity contribution is 6.32. The van der Waals surface area contributed by atoms with Crippen molar-refractivity contribution in [1.82, 2.24) is 14.7 Å². The lowest BCUT2D eigenvalue weighted by Crippen LogP contribution is -2.31. The zero-order chi connectivity index (χ0) is 35.5. The van der Waals surface area contributed by atoms with Gasteiger partial charge in [0.15, 0.2) is 0 Å². The van der Waals surface area contributed by atoms with Gasteiger partial charge in [-0.2, -0.15) is 26.3 Å². The summed E-state index contributed by atoms with van der Waals surface area (Å²) in [6, 6.07) is 25.6. The smallest absolute Gasteiger partial charge is 0.480 e. The largest absolute Gasteiger partial charge is 0.490 e. The Morgan fingerprint density at radius 2 is 1.48 bits per heavy atom. The lowest BCUT2D eigenvalue weighted by atomic mass is 9.90. The number of carboxylic acid groups (broad SMARTS) is 2. The number of halogens is 7. The lowest BCUT2D eigenvalue weighted by Gasteiger charge is -2.29. The second-order valence-electron chi connectivity index (χ2n) is 10.6. The van der Waals surface area contributed by atoms with Crippen LogP contribution >= 0.6 is 11.6 Å². The summed E-state index contributed by atoms with van der Waals surface area (Å²) >= 11 is 6.28. The number of rotatable bonds is 13. The zero-order valence-electron chi connectivity index (χ0n) is 25.5. The van der Waals surface area contributed by atoms with Crippen molar-refractivity contribution in [3.05, 3.63) is 118 Å². The predicted octanol–water partition coefficient (Wildman–Crippen LogP) is 7.68. The molecule has 0 amide bonds. The van der Waals surface area contributed by atoms with E-state index < -0.39 is 29.9 Å². The van der Waals surface area contributed by atoms with Crippen molar-refractivity contribution in [1.29, 1.82) is 0 Å². The van der Waals surface area contributed by atoms with Crippen molar-refractivity contribution < 1.29 is 50.9 Å². The maximum absolute atomic E-state index is 13.6. The number of nitrogens with zero attached hydrogens (tertiary/aromatic N) is 3. The number of alkyl halides is 6. The molecule has 4 rings (SSSR count). The summed E-state index contributed by atoms with van der Waals surface area (Å²) < 4.78 is 79.6. The Morgan fingerprint density at radius 1 is 0.917 bits per heavy atom. The van der Waals surface area contributed by atoms with Crippen LogP contribution in [0.2, 0.25) is 5.02 Å². The fraction of sp³-hybridized carbons (Fsp3) is 0.303. The molecule has 258 valence electrons.